The average molecular weight is 290 g/mol. The molecule has 1 heterocycles. The number of aromatic nitrogens is 2. The van der Waals surface area contributed by atoms with Gasteiger partial charge in [-0.1, -0.05) is 6.07 Å². The van der Waals surface area contributed by atoms with E-state index in [0.717, 1.165) is 5.69 Å². The Labute approximate surface area is 123 Å². The predicted octanol–water partition coefficient (Wildman–Crippen LogP) is 2.89. The molecule has 0 aliphatic carbocycles. The highest BCUT2D eigenvalue weighted by Gasteiger charge is 2.12. The van der Waals surface area contributed by atoms with Crippen molar-refractivity contribution in [3.8, 4) is 0 Å². The molecule has 1 aromatic heterocycles. The molecular weight excluding hydrogens is 271 g/mol. The summed E-state index contributed by atoms with van der Waals surface area (Å²) in [5, 5.41) is 0. The molecule has 0 unspecified atom stereocenters. The minimum absolute atomic E-state index is 0.289. The standard InChI is InChI=1S/C15H19FN4O/c1-3-20(12-7-5-6-11(16)8-12)15-9-13(17)18-14(19-15)10-21-4-2/h5-9H,3-4,10H2,1-2H3,(H2,17,18,19). The molecule has 1 aromatic carbocycles. The molecule has 21 heavy (non-hydrogen) atoms. The second-order valence-corrected chi connectivity index (χ2v) is 4.43. The van der Waals surface area contributed by atoms with Gasteiger partial charge in [-0.15, -0.1) is 0 Å². The molecule has 6 heteroatoms. The van der Waals surface area contributed by atoms with Crippen LogP contribution in [0.4, 0.5) is 21.7 Å². The summed E-state index contributed by atoms with van der Waals surface area (Å²) in [5.41, 5.74) is 6.54. The van der Waals surface area contributed by atoms with Crippen molar-refractivity contribution >= 4 is 17.3 Å². The lowest BCUT2D eigenvalue weighted by Gasteiger charge is -2.22. The average Bonchev–Trinajstić information content (AvgIpc) is 2.45. The van der Waals surface area contributed by atoms with Gasteiger partial charge in [-0.3, -0.25) is 0 Å². The zero-order chi connectivity index (χ0) is 15.2. The predicted molar refractivity (Wildman–Crippen MR) is 80.9 cm³/mol. The van der Waals surface area contributed by atoms with Gasteiger partial charge in [0.1, 0.15) is 24.1 Å². The Kier molecular flexibility index (Phi) is 5.05. The van der Waals surface area contributed by atoms with Crippen molar-refractivity contribution in [1.29, 1.82) is 0 Å². The zero-order valence-corrected chi connectivity index (χ0v) is 12.2. The van der Waals surface area contributed by atoms with Crippen LogP contribution in [0.3, 0.4) is 0 Å². The van der Waals surface area contributed by atoms with Gasteiger partial charge in [0.15, 0.2) is 5.82 Å². The number of hydrogen-bond donors (Lipinski definition) is 1. The van der Waals surface area contributed by atoms with Gasteiger partial charge < -0.3 is 15.4 Å². The van der Waals surface area contributed by atoms with Crippen molar-refractivity contribution in [2.75, 3.05) is 23.8 Å². The zero-order valence-electron chi connectivity index (χ0n) is 12.2. The van der Waals surface area contributed by atoms with Crippen LogP contribution < -0.4 is 10.6 Å². The molecule has 0 bridgehead atoms. The van der Waals surface area contributed by atoms with E-state index in [1.54, 1.807) is 12.1 Å². The van der Waals surface area contributed by atoms with Crippen LogP contribution in [0.2, 0.25) is 0 Å². The van der Waals surface area contributed by atoms with Crippen LogP contribution in [0, 0.1) is 5.82 Å². The smallest absolute Gasteiger partial charge is 0.158 e. The third kappa shape index (κ3) is 3.88. The van der Waals surface area contributed by atoms with Crippen LogP contribution in [-0.4, -0.2) is 23.1 Å². The molecule has 0 aliphatic rings. The minimum atomic E-state index is -0.289. The molecule has 0 radical (unpaired) electrons. The van der Waals surface area contributed by atoms with E-state index in [0.29, 0.717) is 37.2 Å². The normalized spacial score (nSPS) is 10.6. The first-order valence-corrected chi connectivity index (χ1v) is 6.88. The quantitative estimate of drug-likeness (QED) is 0.886. The first kappa shape index (κ1) is 15.2. The second-order valence-electron chi connectivity index (χ2n) is 4.43. The molecule has 112 valence electrons. The molecule has 0 atom stereocenters. The largest absolute Gasteiger partial charge is 0.384 e. The summed E-state index contributed by atoms with van der Waals surface area (Å²) in [5.74, 6) is 1.22. The van der Waals surface area contributed by atoms with Gasteiger partial charge in [-0.25, -0.2) is 14.4 Å². The molecule has 0 amide bonds. The molecule has 0 saturated carbocycles. The summed E-state index contributed by atoms with van der Waals surface area (Å²) in [6.45, 7) is 5.38. The van der Waals surface area contributed by atoms with Gasteiger partial charge in [-0.2, -0.15) is 0 Å². The third-order valence-electron chi connectivity index (χ3n) is 2.93. The van der Waals surface area contributed by atoms with Crippen molar-refractivity contribution in [1.82, 2.24) is 9.97 Å². The highest BCUT2D eigenvalue weighted by atomic mass is 19.1. The SMILES string of the molecule is CCOCc1nc(N)cc(N(CC)c2cccc(F)c2)n1. The van der Waals surface area contributed by atoms with Crippen molar-refractivity contribution in [2.24, 2.45) is 0 Å². The van der Waals surface area contributed by atoms with E-state index in [1.807, 2.05) is 24.8 Å². The number of rotatable bonds is 6. The Morgan fingerprint density at radius 2 is 2.05 bits per heavy atom. The summed E-state index contributed by atoms with van der Waals surface area (Å²) in [6, 6.07) is 8.03. The van der Waals surface area contributed by atoms with Gasteiger partial charge >= 0.3 is 0 Å². The molecule has 2 aromatic rings. The maximum atomic E-state index is 13.4. The number of nitrogen functional groups attached to an aromatic ring is 1. The topological polar surface area (TPSA) is 64.3 Å². The lowest BCUT2D eigenvalue weighted by atomic mass is 10.2. The fourth-order valence-electron chi connectivity index (χ4n) is 2.02. The number of nitrogens with zero attached hydrogens (tertiary/aromatic N) is 3. The fourth-order valence-corrected chi connectivity index (χ4v) is 2.02. The van der Waals surface area contributed by atoms with Gasteiger partial charge in [0.2, 0.25) is 0 Å². The number of nitrogens with two attached hydrogens (primary N) is 1. The van der Waals surface area contributed by atoms with Gasteiger partial charge in [0, 0.05) is 24.9 Å². The molecule has 0 spiro atoms. The van der Waals surface area contributed by atoms with E-state index >= 15 is 0 Å². The van der Waals surface area contributed by atoms with Gasteiger partial charge in [-0.05, 0) is 32.0 Å². The number of ether oxygens (including phenoxy) is 1. The van der Waals surface area contributed by atoms with Crippen LogP contribution in [0.5, 0.6) is 0 Å². The van der Waals surface area contributed by atoms with Crippen molar-refractivity contribution in [3.63, 3.8) is 0 Å². The summed E-state index contributed by atoms with van der Waals surface area (Å²) >= 11 is 0. The highest BCUT2D eigenvalue weighted by molar-refractivity contribution is 5.61. The van der Waals surface area contributed by atoms with Crippen molar-refractivity contribution in [3.05, 3.63) is 42.0 Å². The van der Waals surface area contributed by atoms with Crippen LogP contribution in [0.15, 0.2) is 30.3 Å². The first-order chi connectivity index (χ1) is 10.1. The molecular formula is C15H19FN4O. The monoisotopic (exact) mass is 290 g/mol. The molecule has 0 aliphatic heterocycles. The Balaban J connectivity index is 2.35. The lowest BCUT2D eigenvalue weighted by molar-refractivity contribution is 0.128. The third-order valence-corrected chi connectivity index (χ3v) is 2.93. The Morgan fingerprint density at radius 1 is 1.24 bits per heavy atom. The Morgan fingerprint density at radius 3 is 2.71 bits per heavy atom. The second kappa shape index (κ2) is 6.99. The molecule has 5 nitrogen and oxygen atoms in total. The van der Waals surface area contributed by atoms with Crippen LogP contribution in [0.25, 0.3) is 0 Å². The maximum Gasteiger partial charge on any atom is 0.158 e. The number of anilines is 3. The summed E-state index contributed by atoms with van der Waals surface area (Å²) in [6.07, 6.45) is 0. The number of halogens is 1. The van der Waals surface area contributed by atoms with E-state index in [-0.39, 0.29) is 5.82 Å². The molecule has 0 saturated heterocycles. The van der Waals surface area contributed by atoms with Crippen molar-refractivity contribution in [2.45, 2.75) is 20.5 Å². The summed E-state index contributed by atoms with van der Waals surface area (Å²) < 4.78 is 18.7. The van der Waals surface area contributed by atoms with Gasteiger partial charge in [0.05, 0.1) is 0 Å². The highest BCUT2D eigenvalue weighted by Crippen LogP contribution is 2.25. The van der Waals surface area contributed by atoms with E-state index in [9.17, 15) is 4.39 Å². The number of hydrogen-bond acceptors (Lipinski definition) is 5. The maximum absolute atomic E-state index is 13.4. The summed E-state index contributed by atoms with van der Waals surface area (Å²) in [7, 11) is 0. The van der Waals surface area contributed by atoms with Crippen LogP contribution in [-0.2, 0) is 11.3 Å². The summed E-state index contributed by atoms with van der Waals surface area (Å²) in [4.78, 5) is 10.4. The Bertz CT molecular complexity index is 606. The first-order valence-electron chi connectivity index (χ1n) is 6.88. The van der Waals surface area contributed by atoms with Crippen molar-refractivity contribution < 1.29 is 9.13 Å². The molecule has 0 fully saturated rings. The number of benzene rings is 1. The van der Waals surface area contributed by atoms with Gasteiger partial charge in [0.25, 0.3) is 0 Å². The van der Waals surface area contributed by atoms with E-state index in [1.165, 1.54) is 12.1 Å². The van der Waals surface area contributed by atoms with E-state index < -0.39 is 0 Å². The fraction of sp³-hybridized carbons (Fsp3) is 0.333. The van der Waals surface area contributed by atoms with E-state index in [2.05, 4.69) is 9.97 Å². The molecule has 2 N–H and O–H groups in total. The lowest BCUT2D eigenvalue weighted by Crippen LogP contribution is -2.19. The Hall–Kier alpha value is -2.21. The van der Waals surface area contributed by atoms with E-state index in [4.69, 9.17) is 10.5 Å². The molecule has 2 rings (SSSR count). The van der Waals surface area contributed by atoms with Crippen LogP contribution >= 0.6 is 0 Å². The minimum Gasteiger partial charge on any atom is -0.384 e. The van der Waals surface area contributed by atoms with Crippen LogP contribution in [0.1, 0.15) is 19.7 Å².